The summed E-state index contributed by atoms with van der Waals surface area (Å²) < 4.78 is 13.7. The van der Waals surface area contributed by atoms with Crippen molar-refractivity contribution in [3.05, 3.63) is 29.6 Å². The van der Waals surface area contributed by atoms with Crippen molar-refractivity contribution in [2.75, 3.05) is 11.9 Å². The minimum absolute atomic E-state index is 0.142. The van der Waals surface area contributed by atoms with Crippen molar-refractivity contribution in [3.63, 3.8) is 0 Å². The molecule has 0 aliphatic carbocycles. The Morgan fingerprint density at radius 3 is 2.70 bits per heavy atom. The monoisotopic (exact) mass is 280 g/mol. The highest BCUT2D eigenvalue weighted by Gasteiger charge is 2.38. The van der Waals surface area contributed by atoms with E-state index in [2.05, 4.69) is 5.32 Å². The molecule has 2 rings (SSSR count). The number of hydrogen-bond acceptors (Lipinski definition) is 2. The Kier molecular flexibility index (Phi) is 3.92. The van der Waals surface area contributed by atoms with Crippen LogP contribution < -0.4 is 5.32 Å². The van der Waals surface area contributed by atoms with Gasteiger partial charge in [0, 0.05) is 12.6 Å². The van der Waals surface area contributed by atoms with Crippen molar-refractivity contribution >= 4 is 17.7 Å². The Balaban J connectivity index is 2.12. The highest BCUT2D eigenvalue weighted by atomic mass is 19.1. The minimum Gasteiger partial charge on any atom is -0.481 e. The van der Waals surface area contributed by atoms with Gasteiger partial charge in [-0.15, -0.1) is 0 Å². The molecule has 2 N–H and O–H groups in total. The molecule has 20 heavy (non-hydrogen) atoms. The van der Waals surface area contributed by atoms with E-state index in [4.69, 9.17) is 5.11 Å². The fraction of sp³-hybridized carbons (Fsp3) is 0.429. The summed E-state index contributed by atoms with van der Waals surface area (Å²) in [6.45, 7) is 3.75. The van der Waals surface area contributed by atoms with Gasteiger partial charge in [-0.05, 0) is 31.9 Å². The third-order valence-corrected chi connectivity index (χ3v) is 3.79. The van der Waals surface area contributed by atoms with Crippen LogP contribution in [0.25, 0.3) is 0 Å². The fourth-order valence-corrected chi connectivity index (χ4v) is 2.53. The second kappa shape index (κ2) is 5.48. The number of aryl methyl sites for hydroxylation is 1. The smallest absolute Gasteiger partial charge is 0.322 e. The number of halogens is 1. The predicted molar refractivity (Wildman–Crippen MR) is 72.1 cm³/mol. The Hall–Kier alpha value is -2.11. The lowest BCUT2D eigenvalue weighted by molar-refractivity contribution is -0.142. The number of nitrogens with one attached hydrogen (secondary N) is 1. The van der Waals surface area contributed by atoms with E-state index in [1.807, 2.05) is 0 Å². The first kappa shape index (κ1) is 14.3. The van der Waals surface area contributed by atoms with Gasteiger partial charge < -0.3 is 15.3 Å². The van der Waals surface area contributed by atoms with Gasteiger partial charge in [-0.2, -0.15) is 0 Å². The van der Waals surface area contributed by atoms with Gasteiger partial charge >= 0.3 is 12.0 Å². The summed E-state index contributed by atoms with van der Waals surface area (Å²) in [6, 6.07) is 3.68. The second-order valence-electron chi connectivity index (χ2n) is 5.03. The Morgan fingerprint density at radius 1 is 1.45 bits per heavy atom. The lowest BCUT2D eigenvalue weighted by Gasteiger charge is -2.24. The number of carboxylic acid groups (broad SMARTS) is 1. The van der Waals surface area contributed by atoms with Gasteiger partial charge in [-0.1, -0.05) is 12.1 Å². The van der Waals surface area contributed by atoms with Crippen LogP contribution in [0.2, 0.25) is 0 Å². The van der Waals surface area contributed by atoms with Crippen LogP contribution in [-0.4, -0.2) is 34.6 Å². The van der Waals surface area contributed by atoms with Crippen LogP contribution in [-0.2, 0) is 4.79 Å². The van der Waals surface area contributed by atoms with Gasteiger partial charge in [0.05, 0.1) is 11.6 Å². The number of urea groups is 1. The number of likely N-dealkylation sites (tertiary alicyclic amines) is 1. The molecule has 0 saturated carbocycles. The van der Waals surface area contributed by atoms with Crippen LogP contribution in [0.15, 0.2) is 18.2 Å². The van der Waals surface area contributed by atoms with Crippen molar-refractivity contribution in [2.24, 2.45) is 5.92 Å². The van der Waals surface area contributed by atoms with Gasteiger partial charge in [0.2, 0.25) is 0 Å². The Morgan fingerprint density at radius 2 is 2.15 bits per heavy atom. The maximum atomic E-state index is 13.7. The fourth-order valence-electron chi connectivity index (χ4n) is 2.53. The molecule has 2 unspecified atom stereocenters. The third-order valence-electron chi connectivity index (χ3n) is 3.79. The molecule has 0 aromatic heterocycles. The topological polar surface area (TPSA) is 69.6 Å². The zero-order chi connectivity index (χ0) is 14.9. The first-order chi connectivity index (χ1) is 9.41. The number of nitrogens with zero attached hydrogens (tertiary/aromatic N) is 1. The second-order valence-corrected chi connectivity index (χ2v) is 5.03. The molecule has 1 aromatic carbocycles. The lowest BCUT2D eigenvalue weighted by atomic mass is 10.0. The van der Waals surface area contributed by atoms with E-state index in [0.29, 0.717) is 18.5 Å². The average Bonchev–Trinajstić information content (AvgIpc) is 2.76. The van der Waals surface area contributed by atoms with Crippen LogP contribution in [0.1, 0.15) is 18.9 Å². The average molecular weight is 280 g/mol. The summed E-state index contributed by atoms with van der Waals surface area (Å²) >= 11 is 0. The largest absolute Gasteiger partial charge is 0.481 e. The highest BCUT2D eigenvalue weighted by Crippen LogP contribution is 2.26. The number of carbonyl (C=O) groups excluding carboxylic acids is 1. The summed E-state index contributed by atoms with van der Waals surface area (Å²) in [5, 5.41) is 11.6. The molecule has 0 radical (unpaired) electrons. The van der Waals surface area contributed by atoms with Gasteiger partial charge in [0.15, 0.2) is 0 Å². The number of hydrogen-bond donors (Lipinski definition) is 2. The standard InChI is InChI=1S/C14H17FN2O3/c1-8-4-3-5-11(15)12(8)16-14(20)17-7-6-10(9(17)2)13(18)19/h3-5,9-10H,6-7H2,1-2H3,(H,16,20)(H,18,19). The first-order valence-electron chi connectivity index (χ1n) is 6.47. The van der Waals surface area contributed by atoms with Gasteiger partial charge in [-0.25, -0.2) is 9.18 Å². The van der Waals surface area contributed by atoms with Crippen LogP contribution in [0.3, 0.4) is 0 Å². The van der Waals surface area contributed by atoms with Crippen molar-refractivity contribution in [1.29, 1.82) is 0 Å². The first-order valence-corrected chi connectivity index (χ1v) is 6.47. The van der Waals surface area contributed by atoms with E-state index >= 15 is 0 Å². The number of anilines is 1. The predicted octanol–water partition coefficient (Wildman–Crippen LogP) is 2.46. The summed E-state index contributed by atoms with van der Waals surface area (Å²) in [5.74, 6) is -1.97. The van der Waals surface area contributed by atoms with Gasteiger partial charge in [0.1, 0.15) is 5.82 Å². The van der Waals surface area contributed by atoms with E-state index in [1.54, 1.807) is 26.0 Å². The minimum atomic E-state index is -0.908. The van der Waals surface area contributed by atoms with Crippen molar-refractivity contribution in [1.82, 2.24) is 4.90 Å². The summed E-state index contributed by atoms with van der Waals surface area (Å²) in [6.07, 6.45) is 0.417. The van der Waals surface area contributed by atoms with Crippen LogP contribution in [0.4, 0.5) is 14.9 Å². The number of para-hydroxylation sites is 1. The van der Waals surface area contributed by atoms with Crippen LogP contribution in [0.5, 0.6) is 0 Å². The van der Waals surface area contributed by atoms with Crippen LogP contribution in [0, 0.1) is 18.7 Å². The molecule has 0 bridgehead atoms. The molecule has 5 nitrogen and oxygen atoms in total. The quantitative estimate of drug-likeness (QED) is 0.874. The van der Waals surface area contributed by atoms with E-state index in [1.165, 1.54) is 11.0 Å². The van der Waals surface area contributed by atoms with Crippen molar-refractivity contribution in [2.45, 2.75) is 26.3 Å². The number of aliphatic carboxylic acids is 1. The summed E-state index contributed by atoms with van der Waals surface area (Å²) in [4.78, 5) is 24.6. The number of carboxylic acids is 1. The van der Waals surface area contributed by atoms with E-state index in [-0.39, 0.29) is 5.69 Å². The molecular formula is C14H17FN2O3. The number of amides is 2. The van der Waals surface area contributed by atoms with Crippen molar-refractivity contribution < 1.29 is 19.1 Å². The molecule has 1 aromatic rings. The van der Waals surface area contributed by atoms with Gasteiger partial charge in [-0.3, -0.25) is 4.79 Å². The normalized spacial score (nSPS) is 21.9. The molecule has 2 amide bonds. The highest BCUT2D eigenvalue weighted by molar-refractivity contribution is 5.91. The molecule has 108 valence electrons. The van der Waals surface area contributed by atoms with Crippen LogP contribution >= 0.6 is 0 Å². The molecule has 6 heteroatoms. The van der Waals surface area contributed by atoms with E-state index in [0.717, 1.165) is 0 Å². The van der Waals surface area contributed by atoms with Gasteiger partial charge in [0.25, 0.3) is 0 Å². The zero-order valence-electron chi connectivity index (χ0n) is 11.4. The van der Waals surface area contributed by atoms with Crippen molar-refractivity contribution in [3.8, 4) is 0 Å². The summed E-state index contributed by atoms with van der Waals surface area (Å²) in [5.41, 5.74) is 0.767. The number of carbonyl (C=O) groups is 2. The Labute approximate surface area is 116 Å². The molecule has 1 saturated heterocycles. The molecule has 0 spiro atoms. The maximum Gasteiger partial charge on any atom is 0.322 e. The molecular weight excluding hydrogens is 263 g/mol. The number of benzene rings is 1. The van der Waals surface area contributed by atoms with E-state index in [9.17, 15) is 14.0 Å². The molecule has 1 aliphatic rings. The molecule has 1 heterocycles. The molecule has 1 aliphatic heterocycles. The number of rotatable bonds is 2. The maximum absolute atomic E-state index is 13.7. The molecule has 1 fully saturated rings. The lowest BCUT2D eigenvalue weighted by Crippen LogP contribution is -2.40. The Bertz CT molecular complexity index is 527. The summed E-state index contributed by atoms with van der Waals surface area (Å²) in [7, 11) is 0. The SMILES string of the molecule is Cc1cccc(F)c1NC(=O)N1CCC(C(=O)O)C1C. The third kappa shape index (κ3) is 2.59. The van der Waals surface area contributed by atoms with E-state index < -0.39 is 29.8 Å². The zero-order valence-corrected chi connectivity index (χ0v) is 11.4. The molecule has 2 atom stereocenters.